The van der Waals surface area contributed by atoms with Crippen molar-refractivity contribution in [3.8, 4) is 0 Å². The zero-order valence-electron chi connectivity index (χ0n) is 21.7. The van der Waals surface area contributed by atoms with E-state index in [1.54, 1.807) is 0 Å². The van der Waals surface area contributed by atoms with Crippen LogP contribution in [-0.2, 0) is 0 Å². The van der Waals surface area contributed by atoms with Crippen LogP contribution in [0.5, 0.6) is 0 Å². The number of anilines is 3. The fraction of sp³-hybridized carbons (Fsp3) is 0.321. The van der Waals surface area contributed by atoms with E-state index in [2.05, 4.69) is 50.5 Å². The molecule has 0 unspecified atom stereocenters. The number of rotatable bonds is 8. The van der Waals surface area contributed by atoms with Crippen molar-refractivity contribution in [2.45, 2.75) is 29.8 Å². The molecule has 10 heteroatoms. The lowest BCUT2D eigenvalue weighted by molar-refractivity contribution is 0.102. The van der Waals surface area contributed by atoms with Gasteiger partial charge in [-0.25, -0.2) is 0 Å². The minimum absolute atomic E-state index is 0.149. The Kier molecular flexibility index (Phi) is 8.30. The van der Waals surface area contributed by atoms with E-state index in [0.717, 1.165) is 62.0 Å². The van der Waals surface area contributed by atoms with E-state index < -0.39 is 0 Å². The molecule has 0 bridgehead atoms. The summed E-state index contributed by atoms with van der Waals surface area (Å²) in [5, 5.41) is 6.81. The van der Waals surface area contributed by atoms with Crippen molar-refractivity contribution in [1.29, 1.82) is 0 Å². The molecule has 1 saturated heterocycles. The van der Waals surface area contributed by atoms with Gasteiger partial charge in [0.25, 0.3) is 5.91 Å². The molecule has 3 aromatic rings. The summed E-state index contributed by atoms with van der Waals surface area (Å²) >= 11 is 1.45. The number of carbonyl (C=O) groups is 1. The molecule has 0 atom stereocenters. The second-order valence-electron chi connectivity index (χ2n) is 9.36. The second kappa shape index (κ2) is 12.2. The van der Waals surface area contributed by atoms with Crippen LogP contribution in [-0.4, -0.2) is 71.4 Å². The maximum absolute atomic E-state index is 12.6. The molecule has 1 aromatic heterocycles. The molecule has 0 spiro atoms. The van der Waals surface area contributed by atoms with Crippen molar-refractivity contribution in [1.82, 2.24) is 19.9 Å². The first-order valence-electron chi connectivity index (χ1n) is 12.9. The lowest BCUT2D eigenvalue weighted by atomic mass is 10.1. The van der Waals surface area contributed by atoms with Gasteiger partial charge in [-0.2, -0.15) is 15.0 Å². The van der Waals surface area contributed by atoms with Gasteiger partial charge in [-0.15, -0.1) is 0 Å². The summed E-state index contributed by atoms with van der Waals surface area (Å²) in [5.41, 5.74) is 2.67. The predicted molar refractivity (Wildman–Crippen MR) is 153 cm³/mol. The number of hydrogen-bond donors (Lipinski definition) is 2. The molecular weight excluding hydrogens is 496 g/mol. The molecule has 0 aliphatic carbocycles. The van der Waals surface area contributed by atoms with Crippen molar-refractivity contribution in [2.24, 2.45) is 4.99 Å². The van der Waals surface area contributed by atoms with Crippen LogP contribution >= 0.6 is 11.8 Å². The van der Waals surface area contributed by atoms with Crippen LogP contribution < -0.4 is 15.5 Å². The number of piperazine rings is 1. The van der Waals surface area contributed by atoms with Crippen LogP contribution in [0.3, 0.4) is 0 Å². The second-order valence-corrected chi connectivity index (χ2v) is 10.4. The highest BCUT2D eigenvalue weighted by molar-refractivity contribution is 7.99. The Balaban J connectivity index is 1.33. The number of amides is 1. The van der Waals surface area contributed by atoms with E-state index in [9.17, 15) is 4.79 Å². The number of para-hydroxylation sites is 1. The molecule has 2 aliphatic heterocycles. The van der Waals surface area contributed by atoms with Crippen LogP contribution in [0.25, 0.3) is 0 Å². The van der Waals surface area contributed by atoms with Crippen LogP contribution in [0.15, 0.2) is 81.3 Å². The molecule has 2 aliphatic rings. The molecule has 1 fully saturated rings. The Morgan fingerprint density at radius 1 is 0.974 bits per heavy atom. The molecule has 5 rings (SSSR count). The summed E-state index contributed by atoms with van der Waals surface area (Å²) in [5.74, 6) is 1.79. The van der Waals surface area contributed by atoms with Gasteiger partial charge < -0.3 is 20.4 Å². The summed E-state index contributed by atoms with van der Waals surface area (Å²) < 4.78 is 0. The summed E-state index contributed by atoms with van der Waals surface area (Å²) in [6.45, 7) is 6.52. The molecule has 3 heterocycles. The van der Waals surface area contributed by atoms with Gasteiger partial charge in [0.15, 0.2) is 5.16 Å². The number of amidine groups is 1. The normalized spacial score (nSPS) is 15.7. The van der Waals surface area contributed by atoms with E-state index in [-0.39, 0.29) is 5.91 Å². The highest BCUT2D eigenvalue weighted by Gasteiger charge is 2.20. The summed E-state index contributed by atoms with van der Waals surface area (Å²) in [6.07, 6.45) is 4.23. The lowest BCUT2D eigenvalue weighted by Crippen LogP contribution is -2.45. The minimum Gasteiger partial charge on any atom is -0.338 e. The quantitative estimate of drug-likeness (QED) is 0.439. The van der Waals surface area contributed by atoms with Gasteiger partial charge >= 0.3 is 0 Å². The Morgan fingerprint density at radius 3 is 2.47 bits per heavy atom. The van der Waals surface area contributed by atoms with E-state index in [1.807, 2.05) is 54.6 Å². The fourth-order valence-corrected chi connectivity index (χ4v) is 4.98. The first-order valence-corrected chi connectivity index (χ1v) is 13.7. The molecule has 38 heavy (non-hydrogen) atoms. The summed E-state index contributed by atoms with van der Waals surface area (Å²) in [6, 6.07) is 16.9. The number of hydrogen-bond acceptors (Lipinski definition) is 9. The monoisotopic (exact) mass is 528 g/mol. The molecule has 0 saturated carbocycles. The van der Waals surface area contributed by atoms with Crippen molar-refractivity contribution < 1.29 is 4.79 Å². The molecule has 9 nitrogen and oxygen atoms in total. The van der Waals surface area contributed by atoms with Crippen LogP contribution in [0.1, 0.15) is 30.1 Å². The van der Waals surface area contributed by atoms with Crippen molar-refractivity contribution in [3.05, 3.63) is 71.8 Å². The summed E-state index contributed by atoms with van der Waals surface area (Å²) in [4.78, 5) is 36.9. The maximum atomic E-state index is 12.6. The topological polar surface area (TPSA) is 98.6 Å². The molecule has 0 radical (unpaired) electrons. The SMILES string of the molecule is CCCC1=CC(Nc2nc(Sc3ccc(C(=O)Nc4ccccc4)cc3)nc(N3CCN(C)CC3)n2)=NC1. The van der Waals surface area contributed by atoms with Gasteiger partial charge in [-0.1, -0.05) is 31.5 Å². The Hall–Kier alpha value is -3.76. The first kappa shape index (κ1) is 25.9. The number of nitrogens with zero attached hydrogens (tertiary/aromatic N) is 6. The lowest BCUT2D eigenvalue weighted by Gasteiger charge is -2.32. The number of aliphatic imine (C=N–C) groups is 1. The fourth-order valence-electron chi connectivity index (χ4n) is 4.23. The van der Waals surface area contributed by atoms with Crippen molar-refractivity contribution >= 4 is 41.1 Å². The summed E-state index contributed by atoms with van der Waals surface area (Å²) in [7, 11) is 2.13. The molecule has 1 amide bonds. The van der Waals surface area contributed by atoms with Gasteiger partial charge in [0.2, 0.25) is 11.9 Å². The number of benzene rings is 2. The van der Waals surface area contributed by atoms with Crippen LogP contribution in [0.4, 0.5) is 17.6 Å². The molecule has 196 valence electrons. The van der Waals surface area contributed by atoms with E-state index >= 15 is 0 Å². The van der Waals surface area contributed by atoms with Crippen LogP contribution in [0.2, 0.25) is 0 Å². The Labute approximate surface area is 227 Å². The van der Waals surface area contributed by atoms with Gasteiger partial charge in [-0.3, -0.25) is 9.79 Å². The number of likely N-dealkylation sites (N-methyl/N-ethyl adjacent to an activating group) is 1. The third kappa shape index (κ3) is 6.76. The zero-order valence-corrected chi connectivity index (χ0v) is 22.5. The van der Waals surface area contributed by atoms with E-state index in [1.165, 1.54) is 17.3 Å². The van der Waals surface area contributed by atoms with Crippen molar-refractivity contribution in [2.75, 3.05) is 55.3 Å². The van der Waals surface area contributed by atoms with Crippen LogP contribution in [0, 0.1) is 0 Å². The number of aromatic nitrogens is 3. The third-order valence-electron chi connectivity index (χ3n) is 6.35. The third-order valence-corrected chi connectivity index (χ3v) is 7.22. The zero-order chi connectivity index (χ0) is 26.3. The first-order chi connectivity index (χ1) is 18.6. The maximum Gasteiger partial charge on any atom is 0.255 e. The van der Waals surface area contributed by atoms with E-state index in [0.29, 0.717) is 22.6 Å². The highest BCUT2D eigenvalue weighted by Crippen LogP contribution is 2.28. The average Bonchev–Trinajstić information content (AvgIpc) is 3.37. The van der Waals surface area contributed by atoms with Gasteiger partial charge in [0.05, 0.1) is 6.54 Å². The smallest absolute Gasteiger partial charge is 0.255 e. The Morgan fingerprint density at radius 2 is 1.74 bits per heavy atom. The largest absolute Gasteiger partial charge is 0.338 e. The van der Waals surface area contributed by atoms with Crippen molar-refractivity contribution in [3.63, 3.8) is 0 Å². The standard InChI is InChI=1S/C28H32N8OS/c1-3-7-20-18-24(29-19-20)31-26-32-27(36-16-14-35(2)15-17-36)34-28(33-26)38-23-12-10-21(11-13-23)25(37)30-22-8-5-4-6-9-22/h4-6,8-13,18H,3,7,14-17,19H2,1-2H3,(H,30,37)(H,29,31,32,33,34). The predicted octanol–water partition coefficient (Wildman–Crippen LogP) is 4.58. The minimum atomic E-state index is -0.149. The molecule has 2 aromatic carbocycles. The van der Waals surface area contributed by atoms with E-state index in [4.69, 9.17) is 9.97 Å². The number of carbonyl (C=O) groups excluding carboxylic acids is 1. The highest BCUT2D eigenvalue weighted by atomic mass is 32.2. The number of nitrogens with one attached hydrogen (secondary N) is 2. The molecule has 2 N–H and O–H groups in total. The molecular formula is C28H32N8OS. The van der Waals surface area contributed by atoms with Gasteiger partial charge in [-0.05, 0) is 73.3 Å². The van der Waals surface area contributed by atoms with Gasteiger partial charge in [0, 0.05) is 42.3 Å². The average molecular weight is 529 g/mol. The Bertz CT molecular complexity index is 1320. The van der Waals surface area contributed by atoms with Gasteiger partial charge in [0.1, 0.15) is 5.84 Å².